The van der Waals surface area contributed by atoms with Crippen LogP contribution in [0, 0.1) is 0 Å². The Kier molecular flexibility index (Phi) is 18.0. The largest absolute Gasteiger partial charge is 0.372 e. The molecule has 0 saturated carbocycles. The molecule has 0 spiro atoms. The number of hydrogen-bond acceptors (Lipinski definition) is 3. The van der Waals surface area contributed by atoms with Crippen molar-refractivity contribution in [2.75, 3.05) is 26.2 Å². The van der Waals surface area contributed by atoms with Crippen molar-refractivity contribution in [2.45, 2.75) is 129 Å². The number of carbonyl (C=O) groups excluding carboxylic acids is 1. The van der Waals surface area contributed by atoms with Gasteiger partial charge in [0.25, 0.3) is 0 Å². The number of ether oxygens (including phenoxy) is 1. The number of allylic oxidation sites excluding steroid dienone is 2. The first-order chi connectivity index (χ1) is 15.2. The Morgan fingerprint density at radius 3 is 2.16 bits per heavy atom. The first-order valence-electron chi connectivity index (χ1n) is 13.5. The van der Waals surface area contributed by atoms with Crippen LogP contribution < -0.4 is 10.6 Å². The van der Waals surface area contributed by atoms with E-state index in [1.54, 1.807) is 0 Å². The van der Waals surface area contributed by atoms with Crippen molar-refractivity contribution in [2.24, 2.45) is 0 Å². The molecule has 1 aliphatic rings. The Hall–Kier alpha value is -0.870. The number of morpholine rings is 1. The molecule has 0 aliphatic carbocycles. The van der Waals surface area contributed by atoms with Crippen LogP contribution in [0.5, 0.6) is 0 Å². The maximum atomic E-state index is 12.0. The molecule has 2 N–H and O–H groups in total. The first-order valence-corrected chi connectivity index (χ1v) is 13.5. The standard InChI is InChI=1S/C27H52N2O2/c1-3-5-6-7-8-9-10-11-12-13-14-15-16-17-18-20-26(30)29-22-19-21-27(4-2)25-28-23-24-31-27/h11-12,28H,3-10,13-25H2,1-2H3,(H,29,30)/b12-11-. The molecule has 0 radical (unpaired) electrons. The average molecular weight is 437 g/mol. The minimum atomic E-state index is -0.0214. The summed E-state index contributed by atoms with van der Waals surface area (Å²) in [5.41, 5.74) is -0.0214. The van der Waals surface area contributed by atoms with Crippen molar-refractivity contribution in [3.8, 4) is 0 Å². The molecule has 0 aromatic rings. The van der Waals surface area contributed by atoms with E-state index in [-0.39, 0.29) is 11.5 Å². The van der Waals surface area contributed by atoms with Crippen molar-refractivity contribution in [1.29, 1.82) is 0 Å². The second-order valence-corrected chi connectivity index (χ2v) is 9.35. The van der Waals surface area contributed by atoms with Gasteiger partial charge in [-0.3, -0.25) is 4.79 Å². The lowest BCUT2D eigenvalue weighted by Gasteiger charge is -2.37. The summed E-state index contributed by atoms with van der Waals surface area (Å²) in [6.07, 6.45) is 25.3. The van der Waals surface area contributed by atoms with Gasteiger partial charge in [0.05, 0.1) is 12.2 Å². The summed E-state index contributed by atoms with van der Waals surface area (Å²) in [6, 6.07) is 0. The molecule has 1 fully saturated rings. The zero-order valence-corrected chi connectivity index (χ0v) is 20.8. The van der Waals surface area contributed by atoms with Crippen molar-refractivity contribution in [1.82, 2.24) is 10.6 Å². The van der Waals surface area contributed by atoms with Crippen LogP contribution in [0.15, 0.2) is 12.2 Å². The summed E-state index contributed by atoms with van der Waals surface area (Å²) in [6.45, 7) is 7.93. The fourth-order valence-corrected chi connectivity index (χ4v) is 4.35. The Labute approximate surface area is 193 Å². The van der Waals surface area contributed by atoms with Gasteiger partial charge in [-0.15, -0.1) is 0 Å². The maximum Gasteiger partial charge on any atom is 0.219 e. The van der Waals surface area contributed by atoms with Gasteiger partial charge in [0.15, 0.2) is 0 Å². The van der Waals surface area contributed by atoms with Gasteiger partial charge in [0.1, 0.15) is 0 Å². The van der Waals surface area contributed by atoms with E-state index in [2.05, 4.69) is 36.6 Å². The molecule has 1 rings (SSSR count). The summed E-state index contributed by atoms with van der Waals surface area (Å²) in [4.78, 5) is 12.0. The lowest BCUT2D eigenvalue weighted by Crippen LogP contribution is -2.49. The van der Waals surface area contributed by atoms with E-state index in [4.69, 9.17) is 4.74 Å². The molecular weight excluding hydrogens is 384 g/mol. The predicted octanol–water partition coefficient (Wildman–Crippen LogP) is 6.69. The van der Waals surface area contributed by atoms with E-state index in [0.29, 0.717) is 6.42 Å². The maximum absolute atomic E-state index is 12.0. The highest BCUT2D eigenvalue weighted by molar-refractivity contribution is 5.75. The Balaban J connectivity index is 1.84. The topological polar surface area (TPSA) is 50.4 Å². The van der Waals surface area contributed by atoms with Gasteiger partial charge in [-0.25, -0.2) is 0 Å². The summed E-state index contributed by atoms with van der Waals surface area (Å²) in [5.74, 6) is 0.214. The molecule has 1 unspecified atom stereocenters. The van der Waals surface area contributed by atoms with Crippen LogP contribution in [0.1, 0.15) is 123 Å². The second kappa shape index (κ2) is 19.8. The van der Waals surface area contributed by atoms with E-state index in [9.17, 15) is 4.79 Å². The van der Waals surface area contributed by atoms with E-state index >= 15 is 0 Å². The van der Waals surface area contributed by atoms with Crippen LogP contribution in [0.25, 0.3) is 0 Å². The molecule has 1 saturated heterocycles. The number of carbonyl (C=O) groups is 1. The minimum Gasteiger partial charge on any atom is -0.372 e. The van der Waals surface area contributed by atoms with Crippen LogP contribution in [0.2, 0.25) is 0 Å². The molecule has 0 bridgehead atoms. The second-order valence-electron chi connectivity index (χ2n) is 9.35. The van der Waals surface area contributed by atoms with Crippen molar-refractivity contribution < 1.29 is 9.53 Å². The molecule has 4 nitrogen and oxygen atoms in total. The molecule has 182 valence electrons. The number of nitrogens with one attached hydrogen (secondary N) is 2. The summed E-state index contributed by atoms with van der Waals surface area (Å²) in [7, 11) is 0. The third-order valence-electron chi connectivity index (χ3n) is 6.58. The molecule has 1 atom stereocenters. The highest BCUT2D eigenvalue weighted by atomic mass is 16.5. The van der Waals surface area contributed by atoms with E-state index < -0.39 is 0 Å². The average Bonchev–Trinajstić information content (AvgIpc) is 2.80. The Bertz CT molecular complexity index is 445. The van der Waals surface area contributed by atoms with Crippen molar-refractivity contribution >= 4 is 5.91 Å². The Morgan fingerprint density at radius 1 is 0.903 bits per heavy atom. The monoisotopic (exact) mass is 436 g/mol. The highest BCUT2D eigenvalue weighted by Gasteiger charge is 2.30. The lowest BCUT2D eigenvalue weighted by atomic mass is 9.93. The van der Waals surface area contributed by atoms with Crippen LogP contribution >= 0.6 is 0 Å². The van der Waals surface area contributed by atoms with Gasteiger partial charge in [-0.1, -0.05) is 77.4 Å². The fraction of sp³-hybridized carbons (Fsp3) is 0.889. The highest BCUT2D eigenvalue weighted by Crippen LogP contribution is 2.23. The quantitative estimate of drug-likeness (QED) is 0.165. The minimum absolute atomic E-state index is 0.0214. The van der Waals surface area contributed by atoms with E-state index in [0.717, 1.165) is 51.9 Å². The predicted molar refractivity (Wildman–Crippen MR) is 134 cm³/mol. The van der Waals surface area contributed by atoms with Crippen molar-refractivity contribution in [3.63, 3.8) is 0 Å². The normalized spacial score (nSPS) is 19.2. The van der Waals surface area contributed by atoms with Gasteiger partial charge in [-0.05, 0) is 51.4 Å². The molecule has 0 aromatic carbocycles. The number of rotatable bonds is 20. The first kappa shape index (κ1) is 28.2. The number of amides is 1. The lowest BCUT2D eigenvalue weighted by molar-refractivity contribution is -0.121. The van der Waals surface area contributed by atoms with Crippen LogP contribution in [0.4, 0.5) is 0 Å². The summed E-state index contributed by atoms with van der Waals surface area (Å²) >= 11 is 0. The van der Waals surface area contributed by atoms with E-state index in [1.807, 2.05) is 0 Å². The van der Waals surface area contributed by atoms with Gasteiger partial charge >= 0.3 is 0 Å². The van der Waals surface area contributed by atoms with E-state index in [1.165, 1.54) is 77.0 Å². The van der Waals surface area contributed by atoms with Crippen molar-refractivity contribution in [3.05, 3.63) is 12.2 Å². The molecule has 1 heterocycles. The summed E-state index contributed by atoms with van der Waals surface area (Å²) in [5, 5.41) is 6.52. The van der Waals surface area contributed by atoms with Gasteiger partial charge in [-0.2, -0.15) is 0 Å². The Morgan fingerprint density at radius 2 is 1.55 bits per heavy atom. The molecule has 0 aromatic heterocycles. The zero-order valence-electron chi connectivity index (χ0n) is 20.8. The SMILES string of the molecule is CCCCCCCC/C=C\CCCCCCCC(=O)NCCCC1(CC)CNCCO1. The fourth-order valence-electron chi connectivity index (χ4n) is 4.35. The molecule has 31 heavy (non-hydrogen) atoms. The molecule has 4 heteroatoms. The molecular formula is C27H52N2O2. The third kappa shape index (κ3) is 15.6. The van der Waals surface area contributed by atoms with Crippen LogP contribution in [0.3, 0.4) is 0 Å². The van der Waals surface area contributed by atoms with Gasteiger partial charge in [0, 0.05) is 26.1 Å². The number of unbranched alkanes of at least 4 members (excludes halogenated alkanes) is 11. The van der Waals surface area contributed by atoms with Crippen LogP contribution in [-0.4, -0.2) is 37.7 Å². The molecule has 1 aliphatic heterocycles. The smallest absolute Gasteiger partial charge is 0.219 e. The van der Waals surface area contributed by atoms with Gasteiger partial charge in [0.2, 0.25) is 5.91 Å². The van der Waals surface area contributed by atoms with Gasteiger partial charge < -0.3 is 15.4 Å². The zero-order chi connectivity index (χ0) is 22.5. The molecule has 1 amide bonds. The third-order valence-corrected chi connectivity index (χ3v) is 6.58. The summed E-state index contributed by atoms with van der Waals surface area (Å²) < 4.78 is 6.00. The van der Waals surface area contributed by atoms with Crippen LogP contribution in [-0.2, 0) is 9.53 Å². The number of hydrogen-bond donors (Lipinski definition) is 2.